The Labute approximate surface area is 93.5 Å². The molecule has 0 atom stereocenters. The van der Waals surface area contributed by atoms with Crippen molar-refractivity contribution in [3.8, 4) is 0 Å². The van der Waals surface area contributed by atoms with Crippen LogP contribution in [0.5, 0.6) is 0 Å². The third kappa shape index (κ3) is 2.80. The van der Waals surface area contributed by atoms with E-state index < -0.39 is 6.83 Å². The van der Waals surface area contributed by atoms with Gasteiger partial charge in [0.1, 0.15) is 0 Å². The summed E-state index contributed by atoms with van der Waals surface area (Å²) >= 11 is 0. The predicted octanol–water partition coefficient (Wildman–Crippen LogP) is 3.22. The Hall–Kier alpha value is -0.390. The van der Waals surface area contributed by atoms with Gasteiger partial charge in [-0.3, -0.25) is 0 Å². The average Bonchev–Trinajstić information content (AvgIpc) is 2.19. The van der Waals surface area contributed by atoms with Gasteiger partial charge < -0.3 is 0 Å². The molecule has 0 saturated heterocycles. The molecule has 0 aliphatic rings. The summed E-state index contributed by atoms with van der Waals surface area (Å²) in [6, 6.07) is 10.2. The van der Waals surface area contributed by atoms with Crippen LogP contribution in [0.2, 0.25) is 0 Å². The van der Waals surface area contributed by atoms with Gasteiger partial charge in [-0.15, -0.1) is 0 Å². The SMILES string of the molecule is CCCP(C)(O)(CCC)c1ccccc1. The summed E-state index contributed by atoms with van der Waals surface area (Å²) in [5.74, 6) is 0. The molecule has 0 radical (unpaired) electrons. The van der Waals surface area contributed by atoms with E-state index in [9.17, 15) is 4.89 Å². The van der Waals surface area contributed by atoms with Gasteiger partial charge in [0, 0.05) is 0 Å². The van der Waals surface area contributed by atoms with Crippen LogP contribution in [0.15, 0.2) is 30.3 Å². The van der Waals surface area contributed by atoms with E-state index in [1.165, 1.54) is 5.30 Å². The number of benzene rings is 1. The summed E-state index contributed by atoms with van der Waals surface area (Å²) in [6.07, 6.45) is 4.01. The first-order chi connectivity index (χ1) is 7.02. The van der Waals surface area contributed by atoms with Crippen molar-refractivity contribution in [1.82, 2.24) is 0 Å². The monoisotopic (exact) mass is 226 g/mol. The molecule has 15 heavy (non-hydrogen) atoms. The quantitative estimate of drug-likeness (QED) is 0.764. The summed E-state index contributed by atoms with van der Waals surface area (Å²) in [4.78, 5) is 11.1. The molecule has 1 aromatic carbocycles. The van der Waals surface area contributed by atoms with Gasteiger partial charge in [-0.25, -0.2) is 0 Å². The molecule has 0 aliphatic carbocycles. The predicted molar refractivity (Wildman–Crippen MR) is 71.5 cm³/mol. The van der Waals surface area contributed by atoms with Crippen LogP contribution in [0, 0.1) is 0 Å². The molecular weight excluding hydrogens is 203 g/mol. The third-order valence-corrected chi connectivity index (χ3v) is 8.17. The average molecular weight is 226 g/mol. The molecule has 0 unspecified atom stereocenters. The van der Waals surface area contributed by atoms with Crippen molar-refractivity contribution in [1.29, 1.82) is 0 Å². The van der Waals surface area contributed by atoms with Gasteiger partial charge in [-0.05, 0) is 0 Å². The van der Waals surface area contributed by atoms with Crippen LogP contribution < -0.4 is 5.30 Å². The van der Waals surface area contributed by atoms with Crippen LogP contribution >= 0.6 is 6.83 Å². The van der Waals surface area contributed by atoms with Crippen LogP contribution in [-0.2, 0) is 0 Å². The molecule has 0 bridgehead atoms. The van der Waals surface area contributed by atoms with Crippen LogP contribution in [0.25, 0.3) is 0 Å². The van der Waals surface area contributed by atoms with Gasteiger partial charge in [-0.2, -0.15) is 0 Å². The fraction of sp³-hybridized carbons (Fsp3) is 0.538. The van der Waals surface area contributed by atoms with Crippen molar-refractivity contribution in [2.75, 3.05) is 19.0 Å². The van der Waals surface area contributed by atoms with E-state index in [0.717, 1.165) is 25.2 Å². The Bertz CT molecular complexity index is 296. The maximum absolute atomic E-state index is 11.1. The van der Waals surface area contributed by atoms with Gasteiger partial charge in [0.2, 0.25) is 0 Å². The van der Waals surface area contributed by atoms with Gasteiger partial charge in [0.15, 0.2) is 0 Å². The molecule has 1 aromatic rings. The summed E-state index contributed by atoms with van der Waals surface area (Å²) in [5.41, 5.74) is 0. The van der Waals surface area contributed by atoms with Crippen LogP contribution in [0.3, 0.4) is 0 Å². The standard InChI is InChI=1S/C13H23OP/c1-4-11-15(3,14,12-5-2)13-9-7-6-8-10-13/h6-10,14H,4-5,11-12H2,1-3H3. The molecule has 0 fully saturated rings. The molecule has 0 amide bonds. The Morgan fingerprint density at radius 1 is 1.00 bits per heavy atom. The van der Waals surface area contributed by atoms with Crippen molar-refractivity contribution < 1.29 is 4.89 Å². The van der Waals surface area contributed by atoms with E-state index in [2.05, 4.69) is 32.6 Å². The summed E-state index contributed by atoms with van der Waals surface area (Å²) in [7, 11) is 0. The van der Waals surface area contributed by atoms with Crippen molar-refractivity contribution in [2.45, 2.75) is 26.7 Å². The van der Waals surface area contributed by atoms with Gasteiger partial charge >= 0.3 is 93.0 Å². The van der Waals surface area contributed by atoms with Gasteiger partial charge in [0.25, 0.3) is 0 Å². The number of hydrogen-bond donors (Lipinski definition) is 1. The minimum absolute atomic E-state index is 0.948. The molecule has 0 spiro atoms. The molecular formula is C13H23OP. The Balaban J connectivity index is 3.11. The molecule has 1 N–H and O–H groups in total. The first-order valence-corrected chi connectivity index (χ1v) is 8.83. The van der Waals surface area contributed by atoms with E-state index in [4.69, 9.17) is 0 Å². The Kier molecular flexibility index (Phi) is 3.92. The van der Waals surface area contributed by atoms with E-state index in [1.807, 2.05) is 18.2 Å². The molecule has 0 aliphatic heterocycles. The first kappa shape index (κ1) is 12.7. The zero-order valence-corrected chi connectivity index (χ0v) is 11.0. The molecule has 1 nitrogen and oxygen atoms in total. The molecule has 1 rings (SSSR count). The fourth-order valence-corrected chi connectivity index (χ4v) is 6.55. The molecule has 0 saturated carbocycles. The van der Waals surface area contributed by atoms with Crippen LogP contribution in [-0.4, -0.2) is 23.9 Å². The van der Waals surface area contributed by atoms with Crippen LogP contribution in [0.1, 0.15) is 26.7 Å². The number of hydrogen-bond acceptors (Lipinski definition) is 1. The summed E-state index contributed by atoms with van der Waals surface area (Å²) < 4.78 is 0. The fourth-order valence-electron chi connectivity index (χ4n) is 2.41. The maximum atomic E-state index is 11.1. The Morgan fingerprint density at radius 2 is 1.47 bits per heavy atom. The van der Waals surface area contributed by atoms with Crippen molar-refractivity contribution in [3.05, 3.63) is 30.3 Å². The van der Waals surface area contributed by atoms with Gasteiger partial charge in [-0.1, -0.05) is 0 Å². The van der Waals surface area contributed by atoms with Crippen molar-refractivity contribution in [3.63, 3.8) is 0 Å². The van der Waals surface area contributed by atoms with E-state index in [1.54, 1.807) is 0 Å². The van der Waals surface area contributed by atoms with E-state index in [-0.39, 0.29) is 0 Å². The second kappa shape index (κ2) is 4.63. The zero-order valence-electron chi connectivity index (χ0n) is 10.1. The first-order valence-electron chi connectivity index (χ1n) is 5.83. The topological polar surface area (TPSA) is 20.2 Å². The molecule has 2 heteroatoms. The van der Waals surface area contributed by atoms with Crippen molar-refractivity contribution >= 4 is 12.1 Å². The molecule has 0 aromatic heterocycles. The second-order valence-corrected chi connectivity index (χ2v) is 10.1. The summed E-state index contributed by atoms with van der Waals surface area (Å²) in [6.45, 7) is 3.81. The summed E-state index contributed by atoms with van der Waals surface area (Å²) in [5, 5.41) is 1.17. The Morgan fingerprint density at radius 3 is 1.87 bits per heavy atom. The normalized spacial score (nSPS) is 14.5. The number of rotatable bonds is 5. The third-order valence-electron chi connectivity index (χ3n) is 3.13. The minimum atomic E-state index is -2.60. The van der Waals surface area contributed by atoms with E-state index >= 15 is 0 Å². The van der Waals surface area contributed by atoms with E-state index in [0.29, 0.717) is 0 Å². The van der Waals surface area contributed by atoms with Crippen LogP contribution in [0.4, 0.5) is 0 Å². The molecule has 86 valence electrons. The molecule has 0 heterocycles. The zero-order chi connectivity index (χ0) is 11.4. The second-order valence-electron chi connectivity index (χ2n) is 4.76. The van der Waals surface area contributed by atoms with Crippen molar-refractivity contribution in [2.24, 2.45) is 0 Å². The van der Waals surface area contributed by atoms with Gasteiger partial charge in [0.05, 0.1) is 0 Å².